The normalized spacial score (nSPS) is 15.1. The molecule has 0 saturated heterocycles. The Hall–Kier alpha value is -0.430. The summed E-state index contributed by atoms with van der Waals surface area (Å²) in [5, 5.41) is 20.4. The number of aliphatic carboxylic acids is 1. The molecule has 0 bridgehead atoms. The number of halogens is 1. The van der Waals surface area contributed by atoms with Gasteiger partial charge in [-0.1, -0.05) is 0 Å². The average molecular weight is 308 g/mol. The number of hydrogen-bond acceptors (Lipinski definition) is 4. The Balaban J connectivity index is 2.54. The zero-order valence-electron chi connectivity index (χ0n) is 9.11. The standard InChI is InChI=1S/C10H14BrNO3S/c1-10(15,9(13)14)6-12(2)4-7-3-8(11)16-5-7/h3,5,15H,4,6H2,1-2H3,(H,13,14). The van der Waals surface area contributed by atoms with Gasteiger partial charge in [0.05, 0.1) is 3.79 Å². The minimum Gasteiger partial charge on any atom is -0.479 e. The number of carboxylic acids is 1. The van der Waals surface area contributed by atoms with Gasteiger partial charge in [-0.15, -0.1) is 11.3 Å². The summed E-state index contributed by atoms with van der Waals surface area (Å²) in [5.41, 5.74) is -0.609. The van der Waals surface area contributed by atoms with E-state index in [0.717, 1.165) is 9.35 Å². The SMILES string of the molecule is CN(Cc1csc(Br)c1)CC(C)(O)C(=O)O. The summed E-state index contributed by atoms with van der Waals surface area (Å²) in [6.07, 6.45) is 0. The highest BCUT2D eigenvalue weighted by Gasteiger charge is 2.31. The summed E-state index contributed by atoms with van der Waals surface area (Å²) in [5.74, 6) is -1.20. The number of carbonyl (C=O) groups is 1. The van der Waals surface area contributed by atoms with Gasteiger partial charge in [-0.25, -0.2) is 4.79 Å². The van der Waals surface area contributed by atoms with Crippen LogP contribution in [0.3, 0.4) is 0 Å². The maximum absolute atomic E-state index is 10.7. The van der Waals surface area contributed by atoms with Crippen LogP contribution in [-0.4, -0.2) is 40.3 Å². The zero-order chi connectivity index (χ0) is 12.3. The highest BCUT2D eigenvalue weighted by Crippen LogP contribution is 2.21. The van der Waals surface area contributed by atoms with E-state index in [2.05, 4.69) is 15.9 Å². The predicted molar refractivity (Wildman–Crippen MR) is 66.6 cm³/mol. The highest BCUT2D eigenvalue weighted by molar-refractivity contribution is 9.11. The molecule has 90 valence electrons. The van der Waals surface area contributed by atoms with E-state index in [0.29, 0.717) is 6.54 Å². The summed E-state index contributed by atoms with van der Waals surface area (Å²) in [6.45, 7) is 2.01. The van der Waals surface area contributed by atoms with Crippen LogP contribution in [0.4, 0.5) is 0 Å². The van der Waals surface area contributed by atoms with Gasteiger partial charge in [-0.05, 0) is 46.9 Å². The van der Waals surface area contributed by atoms with Crippen molar-refractivity contribution >= 4 is 33.2 Å². The molecule has 0 aliphatic rings. The van der Waals surface area contributed by atoms with Crippen LogP contribution in [0.2, 0.25) is 0 Å². The van der Waals surface area contributed by atoms with Gasteiger partial charge in [0, 0.05) is 13.1 Å². The third-order valence-electron chi connectivity index (χ3n) is 2.11. The van der Waals surface area contributed by atoms with E-state index in [1.54, 1.807) is 23.3 Å². The summed E-state index contributed by atoms with van der Waals surface area (Å²) in [6, 6.07) is 1.98. The lowest BCUT2D eigenvalue weighted by atomic mass is 10.1. The smallest absolute Gasteiger partial charge is 0.336 e. The molecule has 1 aromatic heterocycles. The molecule has 0 radical (unpaired) electrons. The van der Waals surface area contributed by atoms with Gasteiger partial charge in [0.15, 0.2) is 5.60 Å². The van der Waals surface area contributed by atoms with Crippen molar-refractivity contribution in [2.75, 3.05) is 13.6 Å². The molecule has 0 aliphatic carbocycles. The molecular formula is C10H14BrNO3S. The number of aliphatic hydroxyl groups is 1. The van der Waals surface area contributed by atoms with E-state index in [9.17, 15) is 9.90 Å². The predicted octanol–water partition coefficient (Wildman–Crippen LogP) is 1.78. The Kier molecular flexibility index (Phi) is 4.49. The van der Waals surface area contributed by atoms with Crippen molar-refractivity contribution in [2.45, 2.75) is 19.1 Å². The topological polar surface area (TPSA) is 60.8 Å². The molecule has 0 saturated carbocycles. The van der Waals surface area contributed by atoms with Crippen LogP contribution in [0.25, 0.3) is 0 Å². The molecule has 1 atom stereocenters. The van der Waals surface area contributed by atoms with Crippen LogP contribution < -0.4 is 0 Å². The molecule has 1 heterocycles. The number of carboxylic acid groups (broad SMARTS) is 1. The van der Waals surface area contributed by atoms with E-state index in [1.165, 1.54) is 6.92 Å². The van der Waals surface area contributed by atoms with Crippen molar-refractivity contribution in [3.05, 3.63) is 20.8 Å². The van der Waals surface area contributed by atoms with Crippen LogP contribution in [-0.2, 0) is 11.3 Å². The Morgan fingerprint density at radius 3 is 2.75 bits per heavy atom. The lowest BCUT2D eigenvalue weighted by Crippen LogP contribution is -2.45. The minimum absolute atomic E-state index is 0.0931. The molecule has 0 aliphatic heterocycles. The molecule has 0 fully saturated rings. The van der Waals surface area contributed by atoms with Crippen molar-refractivity contribution in [2.24, 2.45) is 0 Å². The molecule has 6 heteroatoms. The van der Waals surface area contributed by atoms with Gasteiger partial charge in [0.2, 0.25) is 0 Å². The Morgan fingerprint density at radius 2 is 2.31 bits per heavy atom. The van der Waals surface area contributed by atoms with E-state index in [1.807, 2.05) is 11.4 Å². The summed E-state index contributed by atoms with van der Waals surface area (Å²) < 4.78 is 1.04. The third-order valence-corrected chi connectivity index (χ3v) is 3.67. The van der Waals surface area contributed by atoms with E-state index in [-0.39, 0.29) is 6.54 Å². The fraction of sp³-hybridized carbons (Fsp3) is 0.500. The van der Waals surface area contributed by atoms with Crippen LogP contribution in [0.1, 0.15) is 12.5 Å². The van der Waals surface area contributed by atoms with Gasteiger partial charge >= 0.3 is 5.97 Å². The first-order valence-corrected chi connectivity index (χ1v) is 6.36. The van der Waals surface area contributed by atoms with E-state index >= 15 is 0 Å². The molecule has 1 aromatic rings. The van der Waals surface area contributed by atoms with Gasteiger partial charge in [0.1, 0.15) is 0 Å². The zero-order valence-corrected chi connectivity index (χ0v) is 11.5. The maximum Gasteiger partial charge on any atom is 0.336 e. The maximum atomic E-state index is 10.7. The van der Waals surface area contributed by atoms with Crippen molar-refractivity contribution in [1.82, 2.24) is 4.90 Å². The second-order valence-electron chi connectivity index (χ2n) is 4.01. The Bertz CT molecular complexity index is 378. The molecule has 0 aromatic carbocycles. The minimum atomic E-state index is -1.71. The van der Waals surface area contributed by atoms with Crippen LogP contribution in [0.15, 0.2) is 15.2 Å². The van der Waals surface area contributed by atoms with Gasteiger partial charge in [0.25, 0.3) is 0 Å². The summed E-state index contributed by atoms with van der Waals surface area (Å²) >= 11 is 4.95. The number of nitrogens with zero attached hydrogens (tertiary/aromatic N) is 1. The highest BCUT2D eigenvalue weighted by atomic mass is 79.9. The van der Waals surface area contributed by atoms with Crippen molar-refractivity contribution in [1.29, 1.82) is 0 Å². The molecule has 1 rings (SSSR count). The third kappa shape index (κ3) is 3.86. The molecule has 16 heavy (non-hydrogen) atoms. The van der Waals surface area contributed by atoms with Crippen LogP contribution in [0.5, 0.6) is 0 Å². The van der Waals surface area contributed by atoms with Crippen molar-refractivity contribution in [3.8, 4) is 0 Å². The Labute approximate surface area is 107 Å². The molecule has 0 spiro atoms. The fourth-order valence-corrected chi connectivity index (χ4v) is 2.59. The van der Waals surface area contributed by atoms with E-state index < -0.39 is 11.6 Å². The second-order valence-corrected chi connectivity index (χ2v) is 6.30. The monoisotopic (exact) mass is 307 g/mol. The van der Waals surface area contributed by atoms with E-state index in [4.69, 9.17) is 5.11 Å². The lowest BCUT2D eigenvalue weighted by molar-refractivity contribution is -0.158. The first kappa shape index (κ1) is 13.6. The molecule has 0 amide bonds. The summed E-state index contributed by atoms with van der Waals surface area (Å²) in [4.78, 5) is 12.5. The van der Waals surface area contributed by atoms with Crippen molar-refractivity contribution < 1.29 is 15.0 Å². The molecule has 1 unspecified atom stereocenters. The first-order chi connectivity index (χ1) is 7.31. The second kappa shape index (κ2) is 5.27. The Morgan fingerprint density at radius 1 is 1.69 bits per heavy atom. The van der Waals surface area contributed by atoms with Gasteiger partial charge in [-0.2, -0.15) is 0 Å². The average Bonchev–Trinajstić information content (AvgIpc) is 2.49. The lowest BCUT2D eigenvalue weighted by Gasteiger charge is -2.24. The number of likely N-dealkylation sites (N-methyl/N-ethyl adjacent to an activating group) is 1. The number of rotatable bonds is 5. The fourth-order valence-electron chi connectivity index (χ4n) is 1.39. The number of hydrogen-bond donors (Lipinski definition) is 2. The molecule has 2 N–H and O–H groups in total. The van der Waals surface area contributed by atoms with Gasteiger partial charge < -0.3 is 10.2 Å². The largest absolute Gasteiger partial charge is 0.479 e. The van der Waals surface area contributed by atoms with Crippen LogP contribution >= 0.6 is 27.3 Å². The quantitative estimate of drug-likeness (QED) is 0.870. The van der Waals surface area contributed by atoms with Gasteiger partial charge in [-0.3, -0.25) is 4.90 Å². The molecule has 4 nitrogen and oxygen atoms in total. The number of thiophene rings is 1. The van der Waals surface area contributed by atoms with Crippen LogP contribution in [0, 0.1) is 0 Å². The summed E-state index contributed by atoms with van der Waals surface area (Å²) in [7, 11) is 1.78. The first-order valence-electron chi connectivity index (χ1n) is 4.68. The van der Waals surface area contributed by atoms with Crippen molar-refractivity contribution in [3.63, 3.8) is 0 Å². The molecular weight excluding hydrogens is 294 g/mol.